The highest BCUT2D eigenvalue weighted by Gasteiger charge is 2.51. The molecule has 6 heterocycles. The minimum Gasteiger partial charge on any atom is -0.491 e. The molecule has 49 heavy (non-hydrogen) atoms. The van der Waals surface area contributed by atoms with Crippen LogP contribution in [-0.2, 0) is 16.6 Å². The van der Waals surface area contributed by atoms with Gasteiger partial charge in [-0.3, -0.25) is 24.3 Å². The topological polar surface area (TPSA) is 125 Å². The Bertz CT molecular complexity index is 2060. The molecule has 8 rings (SSSR count). The van der Waals surface area contributed by atoms with E-state index in [9.17, 15) is 9.59 Å². The van der Waals surface area contributed by atoms with E-state index in [0.29, 0.717) is 38.5 Å². The normalized spacial score (nSPS) is 19.9. The molecular formula is C36H39N9O3S. The van der Waals surface area contributed by atoms with E-state index in [2.05, 4.69) is 42.3 Å². The first-order chi connectivity index (χ1) is 23.7. The minimum atomic E-state index is -0.458. The molecule has 252 valence electrons. The molecule has 12 nitrogen and oxygen atoms in total. The molecule has 13 heteroatoms. The maximum atomic E-state index is 14.0. The highest BCUT2D eigenvalue weighted by atomic mass is 32.1. The van der Waals surface area contributed by atoms with Gasteiger partial charge >= 0.3 is 0 Å². The molecule has 2 saturated heterocycles. The van der Waals surface area contributed by atoms with Gasteiger partial charge in [0.1, 0.15) is 17.1 Å². The zero-order chi connectivity index (χ0) is 33.7. The molecular weight excluding hydrogens is 639 g/mol. The number of hydrogen-bond donors (Lipinski definition) is 1. The molecule has 2 amide bonds. The number of likely N-dealkylation sites (tertiary alicyclic amines) is 1. The van der Waals surface area contributed by atoms with E-state index in [0.717, 1.165) is 74.9 Å². The Morgan fingerprint density at radius 2 is 1.92 bits per heavy atom. The van der Waals surface area contributed by atoms with Gasteiger partial charge in [-0.25, -0.2) is 9.97 Å². The fraction of sp³-hybridized carbons (Fsp3) is 0.389. The molecule has 0 radical (unpaired) electrons. The van der Waals surface area contributed by atoms with Gasteiger partial charge in [0.05, 0.1) is 34.2 Å². The van der Waals surface area contributed by atoms with Gasteiger partial charge in [0.2, 0.25) is 11.8 Å². The number of aromatic amines is 1. The molecule has 2 fully saturated rings. The van der Waals surface area contributed by atoms with Gasteiger partial charge in [0.15, 0.2) is 5.82 Å². The Morgan fingerprint density at radius 1 is 1.08 bits per heavy atom. The molecule has 0 bridgehead atoms. The van der Waals surface area contributed by atoms with Crippen molar-refractivity contribution in [3.05, 3.63) is 66.1 Å². The summed E-state index contributed by atoms with van der Waals surface area (Å²) in [6.07, 6.45) is 8.02. The predicted octanol–water partition coefficient (Wildman–Crippen LogP) is 5.01. The number of carbonyl (C=O) groups is 2. The van der Waals surface area contributed by atoms with Crippen LogP contribution < -0.4 is 9.64 Å². The number of nitrogens with zero attached hydrogens (tertiary/aromatic N) is 8. The van der Waals surface area contributed by atoms with Crippen molar-refractivity contribution >= 4 is 45.3 Å². The van der Waals surface area contributed by atoms with E-state index in [1.807, 2.05) is 73.3 Å². The van der Waals surface area contributed by atoms with Crippen LogP contribution in [0.1, 0.15) is 38.1 Å². The predicted molar refractivity (Wildman–Crippen MR) is 189 cm³/mol. The van der Waals surface area contributed by atoms with Crippen LogP contribution in [0.15, 0.2) is 61.1 Å². The van der Waals surface area contributed by atoms with Crippen LogP contribution in [0.4, 0.5) is 5.69 Å². The molecule has 5 aromatic rings. The summed E-state index contributed by atoms with van der Waals surface area (Å²) in [6, 6.07) is 14.0. The van der Waals surface area contributed by atoms with Crippen molar-refractivity contribution in [1.82, 2.24) is 39.7 Å². The van der Waals surface area contributed by atoms with Crippen LogP contribution in [0.5, 0.6) is 5.75 Å². The SMILES string of the molecule is CC(C)Oc1ccc(-c2n[nH]c3ccc(N4CC[C@]5(CCN(CC(=O)N6CC=C(c7ncc(-c8ncn(C)n8)s7)CC6)C5)C4=O)cc23)cc1. The summed E-state index contributed by atoms with van der Waals surface area (Å²) in [5.41, 5.74) is 4.33. The van der Waals surface area contributed by atoms with Crippen LogP contribution in [0.2, 0.25) is 0 Å². The zero-order valence-corrected chi connectivity index (χ0v) is 28.7. The third kappa shape index (κ3) is 6.01. The monoisotopic (exact) mass is 677 g/mol. The van der Waals surface area contributed by atoms with E-state index < -0.39 is 5.41 Å². The van der Waals surface area contributed by atoms with E-state index in [4.69, 9.17) is 4.74 Å². The number of ether oxygens (including phenoxy) is 1. The van der Waals surface area contributed by atoms with E-state index >= 15 is 0 Å². The number of fused-ring (bicyclic) bond motifs is 1. The highest BCUT2D eigenvalue weighted by Crippen LogP contribution is 2.43. The number of rotatable bonds is 8. The van der Waals surface area contributed by atoms with Crippen molar-refractivity contribution in [3.63, 3.8) is 0 Å². The molecule has 0 aliphatic carbocycles. The Kier molecular flexibility index (Phi) is 8.03. The number of aromatic nitrogens is 6. The number of hydrogen-bond acceptors (Lipinski definition) is 9. The van der Waals surface area contributed by atoms with Gasteiger partial charge in [-0.1, -0.05) is 6.08 Å². The fourth-order valence-corrected chi connectivity index (χ4v) is 8.17. The van der Waals surface area contributed by atoms with Crippen molar-refractivity contribution in [1.29, 1.82) is 0 Å². The van der Waals surface area contributed by atoms with Gasteiger partial charge in [-0.15, -0.1) is 11.3 Å². The maximum absolute atomic E-state index is 14.0. The van der Waals surface area contributed by atoms with Crippen LogP contribution in [0, 0.1) is 5.41 Å². The maximum Gasteiger partial charge on any atom is 0.237 e. The minimum absolute atomic E-state index is 0.105. The van der Waals surface area contributed by atoms with E-state index in [-0.39, 0.29) is 17.9 Å². The number of amides is 2. The second-order valence-electron chi connectivity index (χ2n) is 13.5. The summed E-state index contributed by atoms with van der Waals surface area (Å²) >= 11 is 1.58. The summed E-state index contributed by atoms with van der Waals surface area (Å²) in [5.74, 6) is 1.75. The van der Waals surface area contributed by atoms with Crippen LogP contribution in [0.25, 0.3) is 38.4 Å². The average Bonchev–Trinajstić information content (AvgIpc) is 3.94. The molecule has 1 spiro atoms. The second kappa shape index (κ2) is 12.5. The molecule has 3 aliphatic rings. The summed E-state index contributed by atoms with van der Waals surface area (Å²) < 4.78 is 7.49. The van der Waals surface area contributed by atoms with Crippen molar-refractivity contribution in [2.24, 2.45) is 12.5 Å². The summed E-state index contributed by atoms with van der Waals surface area (Å²) in [5, 5.41) is 14.0. The first kappa shape index (κ1) is 31.4. The number of H-pyrrole nitrogens is 1. The standard InChI is InChI=1S/C36H39N9O3S/c1-23(2)48-27-7-4-24(5-8-27)32-28-18-26(6-9-29(28)39-40-32)45-17-13-36(35(45)47)12-16-43(21-36)20-31(46)44-14-10-25(11-15-44)34-37-19-30(49-34)33-38-22-42(3)41-33/h4-10,18-19,22-23H,11-17,20-21H2,1-3H3,(H,39,40)/t36-/m0/s1. The molecule has 3 aromatic heterocycles. The number of nitrogens with one attached hydrogen (secondary N) is 1. The average molecular weight is 678 g/mol. The van der Waals surface area contributed by atoms with Gasteiger partial charge in [-0.05, 0) is 87.7 Å². The van der Waals surface area contributed by atoms with Gasteiger partial charge in [0, 0.05) is 56.1 Å². The summed E-state index contributed by atoms with van der Waals surface area (Å²) in [4.78, 5) is 43.3. The summed E-state index contributed by atoms with van der Waals surface area (Å²) in [6.45, 7) is 7.57. The molecule has 3 aliphatic heterocycles. The Hall–Kier alpha value is -4.88. The number of benzene rings is 2. The fourth-order valence-electron chi connectivity index (χ4n) is 7.25. The smallest absolute Gasteiger partial charge is 0.237 e. The molecule has 0 saturated carbocycles. The number of anilines is 1. The first-order valence-corrected chi connectivity index (χ1v) is 17.6. The third-order valence-electron chi connectivity index (χ3n) is 9.82. The van der Waals surface area contributed by atoms with Crippen molar-refractivity contribution < 1.29 is 14.3 Å². The molecule has 1 atom stereocenters. The Morgan fingerprint density at radius 3 is 2.67 bits per heavy atom. The lowest BCUT2D eigenvalue weighted by Gasteiger charge is -2.28. The van der Waals surface area contributed by atoms with E-state index in [1.54, 1.807) is 22.3 Å². The summed E-state index contributed by atoms with van der Waals surface area (Å²) in [7, 11) is 1.85. The largest absolute Gasteiger partial charge is 0.491 e. The van der Waals surface area contributed by atoms with Crippen molar-refractivity contribution in [2.75, 3.05) is 44.2 Å². The van der Waals surface area contributed by atoms with Gasteiger partial charge < -0.3 is 14.5 Å². The number of aryl methyl sites for hydroxylation is 1. The first-order valence-electron chi connectivity index (χ1n) is 16.8. The quantitative estimate of drug-likeness (QED) is 0.243. The van der Waals surface area contributed by atoms with Crippen LogP contribution >= 0.6 is 11.3 Å². The second-order valence-corrected chi connectivity index (χ2v) is 14.6. The van der Waals surface area contributed by atoms with Crippen LogP contribution in [-0.4, -0.2) is 96.9 Å². The number of thiazole rings is 1. The Labute approximate surface area is 288 Å². The number of carbonyl (C=O) groups excluding carboxylic acids is 2. The molecule has 0 unspecified atom stereocenters. The lowest BCUT2D eigenvalue weighted by Crippen LogP contribution is -2.43. The highest BCUT2D eigenvalue weighted by molar-refractivity contribution is 7.16. The zero-order valence-electron chi connectivity index (χ0n) is 27.9. The lowest BCUT2D eigenvalue weighted by atomic mass is 9.85. The van der Waals surface area contributed by atoms with Gasteiger partial charge in [-0.2, -0.15) is 10.2 Å². The third-order valence-corrected chi connectivity index (χ3v) is 10.9. The molecule has 2 aromatic carbocycles. The van der Waals surface area contributed by atoms with Crippen molar-refractivity contribution in [3.8, 4) is 27.7 Å². The lowest BCUT2D eigenvalue weighted by molar-refractivity contribution is -0.132. The van der Waals surface area contributed by atoms with Crippen LogP contribution in [0.3, 0.4) is 0 Å². The molecule has 1 N–H and O–H groups in total. The van der Waals surface area contributed by atoms with Gasteiger partial charge in [0.25, 0.3) is 0 Å². The van der Waals surface area contributed by atoms with Crippen molar-refractivity contribution in [2.45, 2.75) is 39.2 Å². The van der Waals surface area contributed by atoms with E-state index in [1.165, 1.54) is 0 Å². The Balaban J connectivity index is 0.896.